The summed E-state index contributed by atoms with van der Waals surface area (Å²) in [6.07, 6.45) is 1.73. The van der Waals surface area contributed by atoms with Crippen LogP contribution in [0.15, 0.2) is 54.6 Å². The van der Waals surface area contributed by atoms with Crippen molar-refractivity contribution in [1.29, 1.82) is 0 Å². The molecule has 1 atom stereocenters. The van der Waals surface area contributed by atoms with Crippen LogP contribution in [0.1, 0.15) is 40.7 Å². The third-order valence-corrected chi connectivity index (χ3v) is 5.06. The van der Waals surface area contributed by atoms with E-state index in [1.807, 2.05) is 42.5 Å². The molecule has 164 valence electrons. The Labute approximate surface area is 182 Å². The highest BCUT2D eigenvalue weighted by Gasteiger charge is 2.27. The highest BCUT2D eigenvalue weighted by molar-refractivity contribution is 6.38. The predicted octanol–water partition coefficient (Wildman–Crippen LogP) is 2.39. The molecule has 0 aliphatic carbocycles. The molecular formula is C24H28N2O5. The van der Waals surface area contributed by atoms with E-state index in [9.17, 15) is 14.4 Å². The van der Waals surface area contributed by atoms with Crippen molar-refractivity contribution in [2.75, 3.05) is 19.8 Å². The molecule has 2 aromatic rings. The molecule has 2 N–H and O–H groups in total. The van der Waals surface area contributed by atoms with E-state index in [2.05, 4.69) is 10.6 Å². The van der Waals surface area contributed by atoms with Gasteiger partial charge in [0.2, 0.25) is 5.78 Å². The van der Waals surface area contributed by atoms with Crippen molar-refractivity contribution in [1.82, 2.24) is 10.6 Å². The first-order valence-corrected chi connectivity index (χ1v) is 10.6. The van der Waals surface area contributed by atoms with Crippen molar-refractivity contribution in [3.63, 3.8) is 0 Å². The maximum absolute atomic E-state index is 12.9. The molecule has 1 heterocycles. The summed E-state index contributed by atoms with van der Waals surface area (Å²) in [4.78, 5) is 38.2. The monoisotopic (exact) mass is 424 g/mol. The molecule has 0 saturated carbocycles. The summed E-state index contributed by atoms with van der Waals surface area (Å²) in [5, 5.41) is 5.41. The van der Waals surface area contributed by atoms with E-state index in [-0.39, 0.29) is 19.1 Å². The Morgan fingerprint density at radius 1 is 0.935 bits per heavy atom. The van der Waals surface area contributed by atoms with Gasteiger partial charge in [-0.1, -0.05) is 48.5 Å². The minimum atomic E-state index is -0.903. The third-order valence-electron chi connectivity index (χ3n) is 5.06. The molecular weight excluding hydrogens is 396 g/mol. The van der Waals surface area contributed by atoms with Gasteiger partial charge in [-0.3, -0.25) is 14.4 Å². The summed E-state index contributed by atoms with van der Waals surface area (Å²) in [6.45, 7) is 1.97. The standard InChI is InChI=1S/C24H28N2O5/c27-22(24(29)25-16-18-8-2-1-3-9-18)21-12-6-7-13-30-14-15-31-17-19-10-4-5-11-20(19)23(28)26-21/h1-5,8-11,21H,6-7,12-17H2,(H,25,29)(H,26,28)/t21-/m0/s1. The smallest absolute Gasteiger partial charge is 0.289 e. The van der Waals surface area contributed by atoms with Gasteiger partial charge in [0.25, 0.3) is 11.8 Å². The Kier molecular flexibility index (Phi) is 8.75. The average molecular weight is 424 g/mol. The lowest BCUT2D eigenvalue weighted by atomic mass is 10.0. The van der Waals surface area contributed by atoms with Gasteiger partial charge in [-0.25, -0.2) is 0 Å². The van der Waals surface area contributed by atoms with E-state index < -0.39 is 17.7 Å². The maximum atomic E-state index is 12.9. The molecule has 0 bridgehead atoms. The van der Waals surface area contributed by atoms with Crippen molar-refractivity contribution in [3.05, 3.63) is 71.3 Å². The van der Waals surface area contributed by atoms with E-state index in [0.29, 0.717) is 38.2 Å². The van der Waals surface area contributed by atoms with Gasteiger partial charge in [0.05, 0.1) is 25.9 Å². The zero-order chi connectivity index (χ0) is 21.9. The van der Waals surface area contributed by atoms with Crippen molar-refractivity contribution in [2.24, 2.45) is 0 Å². The van der Waals surface area contributed by atoms with Gasteiger partial charge in [0, 0.05) is 18.7 Å². The summed E-state index contributed by atoms with van der Waals surface area (Å²) in [6, 6.07) is 15.5. The maximum Gasteiger partial charge on any atom is 0.289 e. The second-order valence-corrected chi connectivity index (χ2v) is 7.38. The molecule has 0 fully saturated rings. The van der Waals surface area contributed by atoms with Gasteiger partial charge in [-0.2, -0.15) is 0 Å². The topological polar surface area (TPSA) is 93.7 Å². The van der Waals surface area contributed by atoms with Crippen molar-refractivity contribution in [2.45, 2.75) is 38.5 Å². The van der Waals surface area contributed by atoms with Crippen LogP contribution in [-0.4, -0.2) is 43.5 Å². The molecule has 2 amide bonds. The summed E-state index contributed by atoms with van der Waals surface area (Å²) < 4.78 is 11.1. The van der Waals surface area contributed by atoms with Crippen LogP contribution in [0.2, 0.25) is 0 Å². The molecule has 7 nitrogen and oxygen atoms in total. The molecule has 0 unspecified atom stereocenters. The van der Waals surface area contributed by atoms with Crippen LogP contribution < -0.4 is 10.6 Å². The molecule has 0 aromatic heterocycles. The fourth-order valence-corrected chi connectivity index (χ4v) is 3.35. The van der Waals surface area contributed by atoms with Gasteiger partial charge in [-0.15, -0.1) is 0 Å². The Morgan fingerprint density at radius 2 is 1.68 bits per heavy atom. The first-order chi connectivity index (χ1) is 15.1. The van der Waals surface area contributed by atoms with Crippen LogP contribution >= 0.6 is 0 Å². The zero-order valence-corrected chi connectivity index (χ0v) is 17.5. The summed E-state index contributed by atoms with van der Waals surface area (Å²) in [5.41, 5.74) is 2.05. The zero-order valence-electron chi connectivity index (χ0n) is 17.5. The second kappa shape index (κ2) is 12.0. The highest BCUT2D eigenvalue weighted by Crippen LogP contribution is 2.13. The van der Waals surface area contributed by atoms with Crippen LogP contribution in [0.4, 0.5) is 0 Å². The Morgan fingerprint density at radius 3 is 2.52 bits per heavy atom. The van der Waals surface area contributed by atoms with E-state index in [4.69, 9.17) is 9.47 Å². The molecule has 2 aromatic carbocycles. The fourth-order valence-electron chi connectivity index (χ4n) is 3.35. The number of Topliss-reactive ketones (excluding diaryl/α,β-unsaturated/α-hetero) is 1. The molecule has 1 aliphatic heterocycles. The number of amides is 2. The third kappa shape index (κ3) is 7.01. The van der Waals surface area contributed by atoms with Crippen LogP contribution in [0.5, 0.6) is 0 Å². The lowest BCUT2D eigenvalue weighted by molar-refractivity contribution is -0.139. The second-order valence-electron chi connectivity index (χ2n) is 7.38. The van der Waals surface area contributed by atoms with E-state index in [0.717, 1.165) is 17.5 Å². The van der Waals surface area contributed by atoms with Gasteiger partial charge in [0.15, 0.2) is 0 Å². The number of carbonyl (C=O) groups is 3. The first-order valence-electron chi connectivity index (χ1n) is 10.6. The minimum Gasteiger partial charge on any atom is -0.379 e. The normalized spacial score (nSPS) is 18.2. The number of fused-ring (bicyclic) bond motifs is 1. The molecule has 7 heteroatoms. The van der Waals surface area contributed by atoms with Crippen LogP contribution in [-0.2, 0) is 32.2 Å². The molecule has 0 saturated heterocycles. The van der Waals surface area contributed by atoms with Crippen LogP contribution in [0, 0.1) is 0 Å². The summed E-state index contributed by atoms with van der Waals surface area (Å²) in [5.74, 6) is -1.74. The lowest BCUT2D eigenvalue weighted by Crippen LogP contribution is -2.47. The Bertz CT molecular complexity index is 885. The number of rotatable bonds is 4. The summed E-state index contributed by atoms with van der Waals surface area (Å²) >= 11 is 0. The molecule has 31 heavy (non-hydrogen) atoms. The van der Waals surface area contributed by atoms with Crippen LogP contribution in [0.25, 0.3) is 0 Å². The highest BCUT2D eigenvalue weighted by atomic mass is 16.5. The number of nitrogens with one attached hydrogen (secondary N) is 2. The minimum absolute atomic E-state index is 0.250. The number of hydrogen-bond acceptors (Lipinski definition) is 5. The predicted molar refractivity (Wildman–Crippen MR) is 115 cm³/mol. The van der Waals surface area contributed by atoms with Crippen molar-refractivity contribution < 1.29 is 23.9 Å². The Hall–Kier alpha value is -3.03. The van der Waals surface area contributed by atoms with Gasteiger partial charge in [0.1, 0.15) is 0 Å². The average Bonchev–Trinajstić information content (AvgIpc) is 2.80. The number of carbonyl (C=O) groups excluding carboxylic acids is 3. The van der Waals surface area contributed by atoms with Crippen molar-refractivity contribution in [3.8, 4) is 0 Å². The van der Waals surface area contributed by atoms with E-state index in [1.54, 1.807) is 12.1 Å². The molecule has 3 rings (SSSR count). The molecule has 1 aliphatic rings. The van der Waals surface area contributed by atoms with E-state index >= 15 is 0 Å². The quantitative estimate of drug-likeness (QED) is 0.735. The molecule has 0 spiro atoms. The van der Waals surface area contributed by atoms with Gasteiger partial charge < -0.3 is 20.1 Å². The Balaban J connectivity index is 1.70. The number of benzene rings is 2. The largest absolute Gasteiger partial charge is 0.379 e. The SMILES string of the molecule is O=C(NCc1ccccc1)C(=O)[C@@H]1CCCCOCCOCc2ccccc2C(=O)N1. The number of ketones is 1. The number of ether oxygens (including phenoxy) is 2. The lowest BCUT2D eigenvalue weighted by Gasteiger charge is -2.19. The number of hydrogen-bond donors (Lipinski definition) is 2. The van der Waals surface area contributed by atoms with Gasteiger partial charge in [-0.05, 0) is 36.5 Å². The first kappa shape index (κ1) is 22.7. The van der Waals surface area contributed by atoms with Crippen molar-refractivity contribution >= 4 is 17.6 Å². The van der Waals surface area contributed by atoms with Crippen LogP contribution in [0.3, 0.4) is 0 Å². The van der Waals surface area contributed by atoms with Gasteiger partial charge >= 0.3 is 0 Å². The summed E-state index contributed by atoms with van der Waals surface area (Å²) in [7, 11) is 0. The fraction of sp³-hybridized carbons (Fsp3) is 0.375. The van der Waals surface area contributed by atoms with E-state index in [1.165, 1.54) is 0 Å². The molecule has 0 radical (unpaired) electrons.